The molecule has 1 N–H and O–H groups in total. The SMILES string of the molecule is COCCn1ccnc1NC(C)C(C)C. The first-order chi connectivity index (χ1) is 7.15. The number of aromatic nitrogens is 2. The molecule has 15 heavy (non-hydrogen) atoms. The van der Waals surface area contributed by atoms with Gasteiger partial charge in [-0.05, 0) is 12.8 Å². The maximum absolute atomic E-state index is 5.05. The molecule has 0 fully saturated rings. The van der Waals surface area contributed by atoms with Gasteiger partial charge in [-0.25, -0.2) is 4.98 Å². The summed E-state index contributed by atoms with van der Waals surface area (Å²) in [6.45, 7) is 8.10. The Hall–Kier alpha value is -1.03. The Morgan fingerprint density at radius 3 is 2.80 bits per heavy atom. The molecule has 0 aromatic carbocycles. The molecule has 1 rings (SSSR count). The fourth-order valence-electron chi connectivity index (χ4n) is 1.19. The van der Waals surface area contributed by atoms with Gasteiger partial charge in [-0.3, -0.25) is 0 Å². The van der Waals surface area contributed by atoms with Crippen LogP contribution in [0.1, 0.15) is 20.8 Å². The van der Waals surface area contributed by atoms with Crippen molar-refractivity contribution in [3.05, 3.63) is 12.4 Å². The van der Waals surface area contributed by atoms with Gasteiger partial charge in [0.15, 0.2) is 0 Å². The second-order valence-corrected chi connectivity index (χ2v) is 4.11. The molecule has 0 bridgehead atoms. The van der Waals surface area contributed by atoms with E-state index in [9.17, 15) is 0 Å². The molecular weight excluding hydrogens is 190 g/mol. The predicted molar refractivity (Wildman–Crippen MR) is 62.0 cm³/mol. The van der Waals surface area contributed by atoms with E-state index in [1.165, 1.54) is 0 Å². The van der Waals surface area contributed by atoms with Gasteiger partial charge in [0, 0.05) is 32.1 Å². The molecule has 0 aliphatic rings. The van der Waals surface area contributed by atoms with Gasteiger partial charge in [-0.1, -0.05) is 13.8 Å². The number of ether oxygens (including phenoxy) is 1. The topological polar surface area (TPSA) is 39.1 Å². The summed E-state index contributed by atoms with van der Waals surface area (Å²) < 4.78 is 7.12. The van der Waals surface area contributed by atoms with Crippen molar-refractivity contribution in [2.45, 2.75) is 33.4 Å². The van der Waals surface area contributed by atoms with Crippen LogP contribution in [0.25, 0.3) is 0 Å². The smallest absolute Gasteiger partial charge is 0.203 e. The maximum atomic E-state index is 5.05. The molecule has 1 aromatic rings. The van der Waals surface area contributed by atoms with Crippen molar-refractivity contribution < 1.29 is 4.74 Å². The van der Waals surface area contributed by atoms with Crippen LogP contribution in [0.2, 0.25) is 0 Å². The summed E-state index contributed by atoms with van der Waals surface area (Å²) in [5, 5.41) is 3.40. The van der Waals surface area contributed by atoms with Gasteiger partial charge < -0.3 is 14.6 Å². The van der Waals surface area contributed by atoms with Gasteiger partial charge >= 0.3 is 0 Å². The number of hydrogen-bond acceptors (Lipinski definition) is 3. The molecule has 0 saturated heterocycles. The third kappa shape index (κ3) is 3.55. The largest absolute Gasteiger partial charge is 0.383 e. The fraction of sp³-hybridized carbons (Fsp3) is 0.727. The summed E-state index contributed by atoms with van der Waals surface area (Å²) in [5.74, 6) is 1.52. The summed E-state index contributed by atoms with van der Waals surface area (Å²) in [6, 6.07) is 0.425. The highest BCUT2D eigenvalue weighted by Gasteiger charge is 2.09. The number of nitrogens with zero attached hydrogens (tertiary/aromatic N) is 2. The lowest BCUT2D eigenvalue weighted by Gasteiger charge is -2.18. The van der Waals surface area contributed by atoms with Gasteiger partial charge in [-0.2, -0.15) is 0 Å². The average Bonchev–Trinajstić information content (AvgIpc) is 2.62. The minimum atomic E-state index is 0.425. The van der Waals surface area contributed by atoms with Crippen molar-refractivity contribution in [3.8, 4) is 0 Å². The molecule has 0 radical (unpaired) electrons. The molecule has 86 valence electrons. The van der Waals surface area contributed by atoms with Crippen LogP contribution in [0, 0.1) is 5.92 Å². The Bertz CT molecular complexity index is 283. The predicted octanol–water partition coefficient (Wildman–Crippen LogP) is 1.99. The van der Waals surface area contributed by atoms with Crippen LogP contribution in [-0.2, 0) is 11.3 Å². The molecule has 4 heteroatoms. The van der Waals surface area contributed by atoms with E-state index in [0.29, 0.717) is 18.6 Å². The third-order valence-corrected chi connectivity index (χ3v) is 2.61. The number of methoxy groups -OCH3 is 1. The first-order valence-corrected chi connectivity index (χ1v) is 5.41. The van der Waals surface area contributed by atoms with Crippen LogP contribution < -0.4 is 5.32 Å². The van der Waals surface area contributed by atoms with Gasteiger partial charge in [0.25, 0.3) is 0 Å². The highest BCUT2D eigenvalue weighted by molar-refractivity contribution is 5.27. The summed E-state index contributed by atoms with van der Waals surface area (Å²) in [6.07, 6.45) is 3.78. The summed E-state index contributed by atoms with van der Waals surface area (Å²) in [5.41, 5.74) is 0. The van der Waals surface area contributed by atoms with Crippen LogP contribution in [-0.4, -0.2) is 29.3 Å². The van der Waals surface area contributed by atoms with Crippen molar-refractivity contribution in [2.75, 3.05) is 19.0 Å². The van der Waals surface area contributed by atoms with E-state index >= 15 is 0 Å². The highest BCUT2D eigenvalue weighted by atomic mass is 16.5. The van der Waals surface area contributed by atoms with Crippen LogP contribution in [0.5, 0.6) is 0 Å². The van der Waals surface area contributed by atoms with E-state index < -0.39 is 0 Å². The zero-order chi connectivity index (χ0) is 11.3. The second kappa shape index (κ2) is 5.75. The van der Waals surface area contributed by atoms with Gasteiger partial charge in [-0.15, -0.1) is 0 Å². The standard InChI is InChI=1S/C11H21N3O/c1-9(2)10(3)13-11-12-5-6-14(11)7-8-15-4/h5-6,9-10H,7-8H2,1-4H3,(H,12,13). The minimum Gasteiger partial charge on any atom is -0.383 e. The summed E-state index contributed by atoms with van der Waals surface area (Å²) in [7, 11) is 1.71. The van der Waals surface area contributed by atoms with Gasteiger partial charge in [0.2, 0.25) is 5.95 Å². The summed E-state index contributed by atoms with van der Waals surface area (Å²) >= 11 is 0. The van der Waals surface area contributed by atoms with Crippen molar-refractivity contribution >= 4 is 5.95 Å². The van der Waals surface area contributed by atoms with E-state index in [0.717, 1.165) is 12.5 Å². The molecule has 0 amide bonds. The Labute approximate surface area is 91.7 Å². The van der Waals surface area contributed by atoms with Crippen molar-refractivity contribution in [3.63, 3.8) is 0 Å². The zero-order valence-electron chi connectivity index (χ0n) is 10.0. The van der Waals surface area contributed by atoms with E-state index in [1.54, 1.807) is 7.11 Å². The molecule has 0 spiro atoms. The Morgan fingerprint density at radius 2 is 2.20 bits per heavy atom. The molecule has 0 aliphatic heterocycles. The Kier molecular flexibility index (Phi) is 4.62. The van der Waals surface area contributed by atoms with E-state index in [-0.39, 0.29) is 0 Å². The third-order valence-electron chi connectivity index (χ3n) is 2.61. The van der Waals surface area contributed by atoms with Crippen LogP contribution in [0.4, 0.5) is 5.95 Å². The van der Waals surface area contributed by atoms with Crippen molar-refractivity contribution in [1.29, 1.82) is 0 Å². The van der Waals surface area contributed by atoms with Crippen LogP contribution in [0.3, 0.4) is 0 Å². The number of nitrogens with one attached hydrogen (secondary N) is 1. The van der Waals surface area contributed by atoms with E-state index in [2.05, 4.69) is 35.6 Å². The highest BCUT2D eigenvalue weighted by Crippen LogP contribution is 2.10. The first-order valence-electron chi connectivity index (χ1n) is 5.41. The molecule has 1 aromatic heterocycles. The number of imidazole rings is 1. The molecule has 1 atom stereocenters. The summed E-state index contributed by atoms with van der Waals surface area (Å²) in [4.78, 5) is 4.29. The second-order valence-electron chi connectivity index (χ2n) is 4.11. The molecule has 0 aliphatic carbocycles. The van der Waals surface area contributed by atoms with E-state index in [4.69, 9.17) is 4.74 Å². The van der Waals surface area contributed by atoms with Crippen LogP contribution >= 0.6 is 0 Å². The Morgan fingerprint density at radius 1 is 1.47 bits per heavy atom. The minimum absolute atomic E-state index is 0.425. The quantitative estimate of drug-likeness (QED) is 0.782. The Balaban J connectivity index is 2.56. The normalized spacial score (nSPS) is 13.1. The van der Waals surface area contributed by atoms with Crippen LogP contribution in [0.15, 0.2) is 12.4 Å². The van der Waals surface area contributed by atoms with E-state index in [1.807, 2.05) is 12.4 Å². The monoisotopic (exact) mass is 211 g/mol. The molecular formula is C11H21N3O. The lowest BCUT2D eigenvalue weighted by molar-refractivity contribution is 0.187. The zero-order valence-corrected chi connectivity index (χ0v) is 10.0. The number of rotatable bonds is 6. The van der Waals surface area contributed by atoms with Gasteiger partial charge in [0.05, 0.1) is 6.61 Å². The molecule has 0 saturated carbocycles. The number of anilines is 1. The van der Waals surface area contributed by atoms with Crippen molar-refractivity contribution in [1.82, 2.24) is 9.55 Å². The number of hydrogen-bond donors (Lipinski definition) is 1. The molecule has 4 nitrogen and oxygen atoms in total. The lowest BCUT2D eigenvalue weighted by atomic mass is 10.1. The van der Waals surface area contributed by atoms with Crippen molar-refractivity contribution in [2.24, 2.45) is 5.92 Å². The molecule has 1 heterocycles. The lowest BCUT2D eigenvalue weighted by Crippen LogP contribution is -2.24. The molecule has 1 unspecified atom stereocenters. The first kappa shape index (κ1) is 12.0. The average molecular weight is 211 g/mol. The maximum Gasteiger partial charge on any atom is 0.203 e. The fourth-order valence-corrected chi connectivity index (χ4v) is 1.19. The van der Waals surface area contributed by atoms with Gasteiger partial charge in [0.1, 0.15) is 0 Å².